The second kappa shape index (κ2) is 7.58. The molecule has 2 aromatic rings. The van der Waals surface area contributed by atoms with E-state index in [-0.39, 0.29) is 36.8 Å². The van der Waals surface area contributed by atoms with Crippen LogP contribution in [-0.4, -0.2) is 41.3 Å². The lowest BCUT2D eigenvalue weighted by molar-refractivity contribution is -0.138. The van der Waals surface area contributed by atoms with Crippen molar-refractivity contribution in [1.29, 1.82) is 0 Å². The van der Waals surface area contributed by atoms with Gasteiger partial charge in [-0.2, -0.15) is 0 Å². The largest absolute Gasteiger partial charge is 0.481 e. The molecule has 0 heterocycles. The van der Waals surface area contributed by atoms with E-state index >= 15 is 0 Å². The molecule has 2 amide bonds. The topological polar surface area (TPSA) is 105 Å². The van der Waals surface area contributed by atoms with Gasteiger partial charge in [-0.3, -0.25) is 9.59 Å². The van der Waals surface area contributed by atoms with Crippen molar-refractivity contribution in [2.75, 3.05) is 6.61 Å². The van der Waals surface area contributed by atoms with Crippen LogP contribution in [0, 0.1) is 11.3 Å². The number of hydrogen-bond acceptors (Lipinski definition) is 4. The van der Waals surface area contributed by atoms with Crippen LogP contribution in [0.1, 0.15) is 55.6 Å². The fourth-order valence-electron chi connectivity index (χ4n) is 6.25. The number of carboxylic acids is 1. The van der Waals surface area contributed by atoms with Gasteiger partial charge in [-0.1, -0.05) is 48.5 Å². The van der Waals surface area contributed by atoms with Gasteiger partial charge in [0.1, 0.15) is 6.61 Å². The van der Waals surface area contributed by atoms with Crippen molar-refractivity contribution in [3.05, 3.63) is 59.7 Å². The van der Waals surface area contributed by atoms with Gasteiger partial charge in [0.2, 0.25) is 5.91 Å². The van der Waals surface area contributed by atoms with Crippen molar-refractivity contribution in [2.45, 2.75) is 56.0 Å². The highest BCUT2D eigenvalue weighted by Crippen LogP contribution is 2.64. The number of carbonyl (C=O) groups is 3. The highest BCUT2D eigenvalue weighted by Gasteiger charge is 2.66. The summed E-state index contributed by atoms with van der Waals surface area (Å²) in [6.45, 7) is 0.263. The van der Waals surface area contributed by atoms with Crippen LogP contribution < -0.4 is 10.6 Å². The van der Waals surface area contributed by atoms with Gasteiger partial charge in [-0.25, -0.2) is 4.79 Å². The summed E-state index contributed by atoms with van der Waals surface area (Å²) in [5.74, 6) is -0.680. The standard InChI is InChI=1S/C27H28N2O5/c30-23(31)14-26(9-10-26)29-24(32)27-12-16(27)11-17(13-27)28-25(33)34-15-22-20-7-3-1-5-18(20)19-6-2-4-8-21(19)22/h1-8,16-17,22H,9-15H2,(H,28,33)(H,29,32)(H,30,31)/t16-,17+,27+/m0/s1. The summed E-state index contributed by atoms with van der Waals surface area (Å²) in [6.07, 6.45) is 3.10. The van der Waals surface area contributed by atoms with Crippen LogP contribution >= 0.6 is 0 Å². The maximum absolute atomic E-state index is 13.0. The summed E-state index contributed by atoms with van der Waals surface area (Å²) in [4.78, 5) is 36.7. The van der Waals surface area contributed by atoms with E-state index in [4.69, 9.17) is 9.84 Å². The number of aliphatic carboxylic acids is 1. The number of ether oxygens (including phenoxy) is 1. The van der Waals surface area contributed by atoms with Crippen molar-refractivity contribution in [2.24, 2.45) is 11.3 Å². The Kier molecular flexibility index (Phi) is 4.73. The second-order valence-electron chi connectivity index (χ2n) is 10.5. The zero-order chi connectivity index (χ0) is 23.5. The van der Waals surface area contributed by atoms with Crippen LogP contribution in [0.2, 0.25) is 0 Å². The molecular weight excluding hydrogens is 432 g/mol. The Morgan fingerprint density at radius 1 is 0.971 bits per heavy atom. The molecule has 0 radical (unpaired) electrons. The lowest BCUT2D eigenvalue weighted by Crippen LogP contribution is -2.44. The Morgan fingerprint density at radius 2 is 1.62 bits per heavy atom. The van der Waals surface area contributed by atoms with E-state index in [1.807, 2.05) is 24.3 Å². The minimum atomic E-state index is -0.885. The molecule has 3 fully saturated rings. The fourth-order valence-corrected chi connectivity index (χ4v) is 6.25. The predicted octanol–water partition coefficient (Wildman–Crippen LogP) is 3.82. The third-order valence-electron chi connectivity index (χ3n) is 8.25. The molecule has 34 heavy (non-hydrogen) atoms. The number of rotatable bonds is 7. The lowest BCUT2D eigenvalue weighted by atomic mass is 9.98. The number of alkyl carbamates (subject to hydrolysis) is 1. The van der Waals surface area contributed by atoms with Gasteiger partial charge in [-0.05, 0) is 60.3 Å². The fraction of sp³-hybridized carbons (Fsp3) is 0.444. The minimum Gasteiger partial charge on any atom is -0.481 e. The normalized spacial score (nSPS) is 27.2. The van der Waals surface area contributed by atoms with Gasteiger partial charge in [0.15, 0.2) is 0 Å². The molecule has 7 heteroatoms. The molecule has 0 unspecified atom stereocenters. The number of nitrogens with one attached hydrogen (secondary N) is 2. The smallest absolute Gasteiger partial charge is 0.407 e. The summed E-state index contributed by atoms with van der Waals surface area (Å²) in [6, 6.07) is 16.3. The maximum Gasteiger partial charge on any atom is 0.407 e. The van der Waals surface area contributed by atoms with Gasteiger partial charge in [-0.15, -0.1) is 0 Å². The minimum absolute atomic E-state index is 0.0104. The Labute approximate surface area is 197 Å². The molecule has 2 aromatic carbocycles. The van der Waals surface area contributed by atoms with Crippen LogP contribution in [0.5, 0.6) is 0 Å². The monoisotopic (exact) mass is 460 g/mol. The summed E-state index contributed by atoms with van der Waals surface area (Å²) in [5.41, 5.74) is 3.69. The first-order valence-corrected chi connectivity index (χ1v) is 12.1. The summed E-state index contributed by atoms with van der Waals surface area (Å²) in [7, 11) is 0. The molecule has 6 rings (SSSR count). The zero-order valence-electron chi connectivity index (χ0n) is 18.9. The van der Waals surface area contributed by atoms with Crippen molar-refractivity contribution in [3.63, 3.8) is 0 Å². The van der Waals surface area contributed by atoms with E-state index in [0.29, 0.717) is 19.3 Å². The second-order valence-corrected chi connectivity index (χ2v) is 10.5. The molecule has 3 atom stereocenters. The van der Waals surface area contributed by atoms with E-state index in [1.165, 1.54) is 22.3 Å². The maximum atomic E-state index is 13.0. The quantitative estimate of drug-likeness (QED) is 0.583. The van der Waals surface area contributed by atoms with Crippen LogP contribution in [0.3, 0.4) is 0 Å². The predicted molar refractivity (Wildman–Crippen MR) is 124 cm³/mol. The van der Waals surface area contributed by atoms with E-state index < -0.39 is 23.0 Å². The summed E-state index contributed by atoms with van der Waals surface area (Å²) < 4.78 is 5.66. The zero-order valence-corrected chi connectivity index (χ0v) is 18.9. The lowest BCUT2D eigenvalue weighted by Gasteiger charge is -2.22. The van der Waals surface area contributed by atoms with E-state index in [0.717, 1.165) is 12.8 Å². The first-order chi connectivity index (χ1) is 16.4. The number of amides is 2. The molecule has 176 valence electrons. The Hall–Kier alpha value is -3.35. The molecule has 3 saturated carbocycles. The first kappa shape index (κ1) is 21.2. The van der Waals surface area contributed by atoms with Gasteiger partial charge in [0.05, 0.1) is 17.4 Å². The van der Waals surface area contributed by atoms with Crippen LogP contribution in [0.15, 0.2) is 48.5 Å². The van der Waals surface area contributed by atoms with Gasteiger partial charge in [0, 0.05) is 12.0 Å². The van der Waals surface area contributed by atoms with E-state index in [9.17, 15) is 14.4 Å². The Balaban J connectivity index is 1.05. The SMILES string of the molecule is O=C(O)CC1(NC(=O)[C@]23C[C@H](NC(=O)OCC4c5ccccc5-c5ccccc54)C[C@H]2C3)CC1. The number of carboxylic acid groups (broad SMARTS) is 1. The molecule has 0 aromatic heterocycles. The molecule has 0 saturated heterocycles. The number of hydrogen-bond donors (Lipinski definition) is 3. The van der Waals surface area contributed by atoms with Gasteiger partial charge < -0.3 is 20.5 Å². The van der Waals surface area contributed by atoms with Crippen molar-refractivity contribution >= 4 is 18.0 Å². The third-order valence-corrected chi connectivity index (χ3v) is 8.25. The van der Waals surface area contributed by atoms with Crippen LogP contribution in [0.4, 0.5) is 4.79 Å². The van der Waals surface area contributed by atoms with Crippen molar-refractivity contribution < 1.29 is 24.2 Å². The van der Waals surface area contributed by atoms with Crippen molar-refractivity contribution in [3.8, 4) is 11.1 Å². The van der Waals surface area contributed by atoms with Crippen molar-refractivity contribution in [1.82, 2.24) is 10.6 Å². The molecule has 3 N–H and O–H groups in total. The molecule has 4 aliphatic rings. The Morgan fingerprint density at radius 3 is 2.24 bits per heavy atom. The van der Waals surface area contributed by atoms with Gasteiger partial charge >= 0.3 is 12.1 Å². The van der Waals surface area contributed by atoms with Crippen LogP contribution in [0.25, 0.3) is 11.1 Å². The molecule has 0 aliphatic heterocycles. The average molecular weight is 461 g/mol. The third kappa shape index (κ3) is 3.54. The van der Waals surface area contributed by atoms with Crippen LogP contribution in [-0.2, 0) is 14.3 Å². The summed E-state index contributed by atoms with van der Waals surface area (Å²) in [5, 5.41) is 15.1. The Bertz CT molecular complexity index is 1140. The number of fused-ring (bicyclic) bond motifs is 4. The highest BCUT2D eigenvalue weighted by molar-refractivity contribution is 5.88. The molecule has 0 bridgehead atoms. The first-order valence-electron chi connectivity index (χ1n) is 12.1. The van der Waals surface area contributed by atoms with Gasteiger partial charge in [0.25, 0.3) is 0 Å². The number of benzene rings is 2. The van der Waals surface area contributed by atoms with E-state index in [1.54, 1.807) is 0 Å². The molecule has 7 nitrogen and oxygen atoms in total. The molecular formula is C27H28N2O5. The molecule has 4 aliphatic carbocycles. The van der Waals surface area contributed by atoms with E-state index in [2.05, 4.69) is 34.9 Å². The summed E-state index contributed by atoms with van der Waals surface area (Å²) >= 11 is 0. The number of carbonyl (C=O) groups excluding carboxylic acids is 2. The molecule has 0 spiro atoms. The highest BCUT2D eigenvalue weighted by atomic mass is 16.5. The average Bonchev–Trinajstić information content (AvgIpc) is 3.65.